The number of thioether (sulfide) groups is 1. The summed E-state index contributed by atoms with van der Waals surface area (Å²) < 4.78 is 0.845. The molecule has 0 amide bonds. The summed E-state index contributed by atoms with van der Waals surface area (Å²) in [6, 6.07) is 4.19. The third kappa shape index (κ3) is 3.17. The molecule has 13 heavy (non-hydrogen) atoms. The molecule has 1 aromatic rings. The molecular formula is C9H14ClNS2. The molecule has 0 spiro atoms. The molecule has 0 aliphatic heterocycles. The van der Waals surface area contributed by atoms with Crippen LogP contribution in [0, 0.1) is 0 Å². The Labute approximate surface area is 92.7 Å². The Kier molecular flexibility index (Phi) is 4.59. The zero-order chi connectivity index (χ0) is 9.84. The maximum Gasteiger partial charge on any atom is 0.0931 e. The van der Waals surface area contributed by atoms with Crippen molar-refractivity contribution in [3.8, 4) is 0 Å². The van der Waals surface area contributed by atoms with Crippen molar-refractivity contribution in [1.29, 1.82) is 0 Å². The van der Waals surface area contributed by atoms with Crippen molar-refractivity contribution < 1.29 is 0 Å². The van der Waals surface area contributed by atoms with Gasteiger partial charge >= 0.3 is 0 Å². The van der Waals surface area contributed by atoms with E-state index in [9.17, 15) is 0 Å². The lowest BCUT2D eigenvalue weighted by atomic mass is 10.2. The van der Waals surface area contributed by atoms with E-state index in [4.69, 9.17) is 17.3 Å². The van der Waals surface area contributed by atoms with Crippen LogP contribution in [0.4, 0.5) is 0 Å². The second-order valence-corrected chi connectivity index (χ2v) is 6.04. The normalized spacial score (nSPS) is 15.7. The topological polar surface area (TPSA) is 26.0 Å². The second-order valence-electron chi connectivity index (χ2n) is 2.88. The van der Waals surface area contributed by atoms with Crippen LogP contribution in [0.1, 0.15) is 24.0 Å². The summed E-state index contributed by atoms with van der Waals surface area (Å²) in [5.74, 6) is 1.09. The Morgan fingerprint density at radius 3 is 2.69 bits per heavy atom. The molecule has 2 atom stereocenters. The van der Waals surface area contributed by atoms with Gasteiger partial charge in [0.15, 0.2) is 0 Å². The molecule has 1 rings (SSSR count). The van der Waals surface area contributed by atoms with Gasteiger partial charge in [0.1, 0.15) is 0 Å². The van der Waals surface area contributed by atoms with Crippen molar-refractivity contribution in [2.75, 3.05) is 5.75 Å². The lowest BCUT2D eigenvalue weighted by Gasteiger charge is -2.17. The standard InChI is InChI=1S/C9H14ClNS2/c1-3-12-9(6(2)11)7-4-5-8(10)13-7/h4-6,9H,3,11H2,1-2H3. The number of halogens is 1. The smallest absolute Gasteiger partial charge is 0.0931 e. The van der Waals surface area contributed by atoms with Gasteiger partial charge in [0.25, 0.3) is 0 Å². The van der Waals surface area contributed by atoms with Crippen LogP contribution in [-0.2, 0) is 0 Å². The van der Waals surface area contributed by atoms with Crippen LogP contribution in [0.5, 0.6) is 0 Å². The molecule has 0 saturated heterocycles. The Hall–Kier alpha value is 0.300. The first-order chi connectivity index (χ1) is 6.15. The Morgan fingerprint density at radius 1 is 1.62 bits per heavy atom. The van der Waals surface area contributed by atoms with Crippen LogP contribution in [0.15, 0.2) is 12.1 Å². The quantitative estimate of drug-likeness (QED) is 0.864. The number of rotatable bonds is 4. The molecular weight excluding hydrogens is 222 g/mol. The maximum absolute atomic E-state index is 5.91. The third-order valence-corrected chi connectivity index (χ3v) is 4.54. The first-order valence-electron chi connectivity index (χ1n) is 4.27. The van der Waals surface area contributed by atoms with E-state index >= 15 is 0 Å². The zero-order valence-corrected chi connectivity index (χ0v) is 10.2. The van der Waals surface area contributed by atoms with Gasteiger partial charge in [0.2, 0.25) is 0 Å². The van der Waals surface area contributed by atoms with Gasteiger partial charge in [-0.2, -0.15) is 11.8 Å². The highest BCUT2D eigenvalue weighted by atomic mass is 35.5. The Balaban J connectivity index is 2.75. The molecule has 74 valence electrons. The summed E-state index contributed by atoms with van der Waals surface area (Å²) in [5.41, 5.74) is 5.91. The summed E-state index contributed by atoms with van der Waals surface area (Å²) in [4.78, 5) is 1.28. The van der Waals surface area contributed by atoms with Gasteiger partial charge in [0.05, 0.1) is 9.59 Å². The lowest BCUT2D eigenvalue weighted by molar-refractivity contribution is 0.730. The number of nitrogens with two attached hydrogens (primary N) is 1. The largest absolute Gasteiger partial charge is 0.327 e. The average Bonchev–Trinajstić information content (AvgIpc) is 2.46. The number of thiophene rings is 1. The van der Waals surface area contributed by atoms with Crippen molar-refractivity contribution in [3.63, 3.8) is 0 Å². The third-order valence-electron chi connectivity index (χ3n) is 1.70. The van der Waals surface area contributed by atoms with E-state index < -0.39 is 0 Å². The fourth-order valence-corrected chi connectivity index (χ4v) is 3.57. The van der Waals surface area contributed by atoms with E-state index in [1.165, 1.54) is 4.88 Å². The first-order valence-corrected chi connectivity index (χ1v) is 6.52. The molecule has 0 saturated carbocycles. The molecule has 0 aromatic carbocycles. The summed E-state index contributed by atoms with van der Waals surface area (Å²) in [6.45, 7) is 4.19. The minimum Gasteiger partial charge on any atom is -0.327 e. The van der Waals surface area contributed by atoms with Crippen molar-refractivity contribution >= 4 is 34.7 Å². The van der Waals surface area contributed by atoms with Crippen LogP contribution >= 0.6 is 34.7 Å². The van der Waals surface area contributed by atoms with Gasteiger partial charge < -0.3 is 5.73 Å². The Bertz CT molecular complexity index is 260. The highest BCUT2D eigenvalue weighted by Crippen LogP contribution is 2.36. The average molecular weight is 236 g/mol. The maximum atomic E-state index is 5.91. The van der Waals surface area contributed by atoms with Gasteiger partial charge in [-0.15, -0.1) is 11.3 Å². The van der Waals surface area contributed by atoms with E-state index in [0.29, 0.717) is 5.25 Å². The van der Waals surface area contributed by atoms with E-state index in [2.05, 4.69) is 13.0 Å². The molecule has 1 aromatic heterocycles. The van der Waals surface area contributed by atoms with Crippen molar-refractivity contribution in [3.05, 3.63) is 21.3 Å². The van der Waals surface area contributed by atoms with Crippen LogP contribution in [0.3, 0.4) is 0 Å². The predicted molar refractivity (Wildman–Crippen MR) is 63.9 cm³/mol. The highest BCUT2D eigenvalue weighted by molar-refractivity contribution is 7.99. The number of hydrogen-bond donors (Lipinski definition) is 1. The molecule has 1 heterocycles. The SMILES string of the molecule is CCSC(c1ccc(Cl)s1)C(C)N. The molecule has 0 fully saturated rings. The van der Waals surface area contributed by atoms with Gasteiger partial charge in [-0.1, -0.05) is 18.5 Å². The van der Waals surface area contributed by atoms with Gasteiger partial charge in [-0.25, -0.2) is 0 Å². The molecule has 0 aliphatic carbocycles. The van der Waals surface area contributed by atoms with Crippen LogP contribution in [-0.4, -0.2) is 11.8 Å². The van der Waals surface area contributed by atoms with Crippen molar-refractivity contribution in [2.45, 2.75) is 25.1 Å². The summed E-state index contributed by atoms with van der Waals surface area (Å²) in [6.07, 6.45) is 0. The van der Waals surface area contributed by atoms with E-state index in [1.807, 2.05) is 24.8 Å². The minimum absolute atomic E-state index is 0.180. The summed E-state index contributed by atoms with van der Waals surface area (Å²) in [5, 5.41) is 0.391. The predicted octanol–water partition coefficient (Wildman–Crippen LogP) is 3.54. The summed E-state index contributed by atoms with van der Waals surface area (Å²) in [7, 11) is 0. The van der Waals surface area contributed by atoms with E-state index in [-0.39, 0.29) is 6.04 Å². The van der Waals surface area contributed by atoms with Crippen LogP contribution < -0.4 is 5.73 Å². The molecule has 0 aliphatic rings. The fourth-order valence-electron chi connectivity index (χ4n) is 1.15. The minimum atomic E-state index is 0.180. The van der Waals surface area contributed by atoms with Crippen molar-refractivity contribution in [1.82, 2.24) is 0 Å². The van der Waals surface area contributed by atoms with Gasteiger partial charge in [-0.05, 0) is 24.8 Å². The van der Waals surface area contributed by atoms with E-state index in [0.717, 1.165) is 10.1 Å². The monoisotopic (exact) mass is 235 g/mol. The van der Waals surface area contributed by atoms with Gasteiger partial charge in [0, 0.05) is 10.9 Å². The summed E-state index contributed by atoms with van der Waals surface area (Å²) >= 11 is 9.38. The fraction of sp³-hybridized carbons (Fsp3) is 0.556. The van der Waals surface area contributed by atoms with E-state index in [1.54, 1.807) is 11.3 Å². The molecule has 1 nitrogen and oxygen atoms in total. The van der Waals surface area contributed by atoms with Crippen molar-refractivity contribution in [2.24, 2.45) is 5.73 Å². The molecule has 2 N–H and O–H groups in total. The lowest BCUT2D eigenvalue weighted by Crippen LogP contribution is -2.22. The van der Waals surface area contributed by atoms with Crippen LogP contribution in [0.25, 0.3) is 0 Å². The molecule has 2 unspecified atom stereocenters. The second kappa shape index (κ2) is 5.25. The van der Waals surface area contributed by atoms with Gasteiger partial charge in [-0.3, -0.25) is 0 Å². The molecule has 4 heteroatoms. The first kappa shape index (κ1) is 11.4. The molecule has 0 bridgehead atoms. The number of hydrogen-bond acceptors (Lipinski definition) is 3. The zero-order valence-electron chi connectivity index (χ0n) is 7.79. The highest BCUT2D eigenvalue weighted by Gasteiger charge is 2.17. The van der Waals surface area contributed by atoms with Crippen LogP contribution in [0.2, 0.25) is 4.34 Å². The molecule has 0 radical (unpaired) electrons. The Morgan fingerprint density at radius 2 is 2.31 bits per heavy atom.